The fourth-order valence-corrected chi connectivity index (χ4v) is 1.44. The van der Waals surface area contributed by atoms with Crippen LogP contribution in [-0.2, 0) is 4.74 Å². The molecule has 5 heteroatoms. The number of carbonyl (C=O) groups is 1. The predicted molar refractivity (Wildman–Crippen MR) is 51.2 cm³/mol. The third-order valence-corrected chi connectivity index (χ3v) is 2.51. The molecule has 74 valence electrons. The Bertz CT molecular complexity index is 381. The van der Waals surface area contributed by atoms with Gasteiger partial charge in [0.25, 0.3) is 0 Å². The lowest BCUT2D eigenvalue weighted by Crippen LogP contribution is -2.18. The summed E-state index contributed by atoms with van der Waals surface area (Å²) in [5.41, 5.74) is 1.81. The largest absolute Gasteiger partial charge is 0.447 e. The van der Waals surface area contributed by atoms with Crippen LogP contribution < -0.4 is 5.32 Å². The Labute approximate surface area is 86.2 Å². The number of halogens is 1. The minimum absolute atomic E-state index is 0.106. The predicted octanol–water partition coefficient (Wildman–Crippen LogP) is 1.82. The van der Waals surface area contributed by atoms with E-state index in [1.807, 2.05) is 13.0 Å². The van der Waals surface area contributed by atoms with Crippen LogP contribution in [0.1, 0.15) is 17.2 Å². The van der Waals surface area contributed by atoms with Crippen LogP contribution >= 0.6 is 11.6 Å². The quantitative estimate of drug-likeness (QED) is 0.723. The van der Waals surface area contributed by atoms with Gasteiger partial charge in [0.05, 0.1) is 6.04 Å². The van der Waals surface area contributed by atoms with E-state index in [4.69, 9.17) is 16.3 Å². The first kappa shape index (κ1) is 9.27. The Hall–Kier alpha value is -1.29. The van der Waals surface area contributed by atoms with Crippen LogP contribution in [0.25, 0.3) is 0 Å². The molecule has 1 saturated heterocycles. The summed E-state index contributed by atoms with van der Waals surface area (Å²) in [7, 11) is 0. The maximum atomic E-state index is 10.8. The minimum atomic E-state index is -0.386. The Morgan fingerprint density at radius 3 is 3.07 bits per heavy atom. The van der Waals surface area contributed by atoms with Crippen LogP contribution in [0.2, 0.25) is 5.15 Å². The van der Waals surface area contributed by atoms with Crippen LogP contribution in [0.15, 0.2) is 12.3 Å². The molecular weight excluding hydrogens is 204 g/mol. The summed E-state index contributed by atoms with van der Waals surface area (Å²) in [6, 6.07) is 1.79. The van der Waals surface area contributed by atoms with Crippen molar-refractivity contribution in [3.63, 3.8) is 0 Å². The first-order valence-electron chi connectivity index (χ1n) is 4.22. The summed E-state index contributed by atoms with van der Waals surface area (Å²) in [5, 5.41) is 3.16. The summed E-state index contributed by atoms with van der Waals surface area (Å²) in [6.07, 6.45) is 1.26. The van der Waals surface area contributed by atoms with Crippen molar-refractivity contribution < 1.29 is 9.53 Å². The Morgan fingerprint density at radius 1 is 1.71 bits per heavy atom. The van der Waals surface area contributed by atoms with Crippen molar-refractivity contribution in [2.24, 2.45) is 0 Å². The molecule has 0 bridgehead atoms. The standard InChI is InChI=1S/C9H9ClN2O2/c1-5-2-6(3-11-8(5)10)7-4-14-9(13)12-7/h2-3,7H,4H2,1H3,(H,12,13). The number of ether oxygens (including phenoxy) is 1. The van der Waals surface area contributed by atoms with Crippen molar-refractivity contribution in [3.8, 4) is 0 Å². The number of hydrogen-bond donors (Lipinski definition) is 1. The number of cyclic esters (lactones) is 1. The molecule has 1 aromatic heterocycles. The van der Waals surface area contributed by atoms with Crippen molar-refractivity contribution in [2.45, 2.75) is 13.0 Å². The van der Waals surface area contributed by atoms with Crippen molar-refractivity contribution in [1.82, 2.24) is 10.3 Å². The topological polar surface area (TPSA) is 51.2 Å². The Morgan fingerprint density at radius 2 is 2.50 bits per heavy atom. The van der Waals surface area contributed by atoms with E-state index in [2.05, 4.69) is 10.3 Å². The van der Waals surface area contributed by atoms with E-state index in [1.165, 1.54) is 0 Å². The van der Waals surface area contributed by atoms with Gasteiger partial charge in [0.2, 0.25) is 0 Å². The van der Waals surface area contributed by atoms with Gasteiger partial charge in [-0.15, -0.1) is 0 Å². The van der Waals surface area contributed by atoms with E-state index in [0.717, 1.165) is 11.1 Å². The highest BCUT2D eigenvalue weighted by atomic mass is 35.5. The second kappa shape index (κ2) is 3.46. The highest BCUT2D eigenvalue weighted by Gasteiger charge is 2.24. The molecule has 1 fully saturated rings. The molecule has 14 heavy (non-hydrogen) atoms. The van der Waals surface area contributed by atoms with Crippen LogP contribution in [0, 0.1) is 6.92 Å². The molecule has 2 rings (SSSR count). The maximum absolute atomic E-state index is 10.8. The molecule has 0 aromatic carbocycles. The van der Waals surface area contributed by atoms with Crippen molar-refractivity contribution >= 4 is 17.7 Å². The van der Waals surface area contributed by atoms with Gasteiger partial charge in [-0.25, -0.2) is 9.78 Å². The number of amides is 1. The molecular formula is C9H9ClN2O2. The van der Waals surface area contributed by atoms with E-state index in [0.29, 0.717) is 11.8 Å². The highest BCUT2D eigenvalue weighted by Crippen LogP contribution is 2.21. The lowest BCUT2D eigenvalue weighted by molar-refractivity contribution is 0.177. The van der Waals surface area contributed by atoms with Gasteiger partial charge in [0.1, 0.15) is 11.8 Å². The molecule has 0 spiro atoms. The second-order valence-corrected chi connectivity index (χ2v) is 3.53. The molecule has 2 heterocycles. The van der Waals surface area contributed by atoms with Crippen molar-refractivity contribution in [1.29, 1.82) is 0 Å². The minimum Gasteiger partial charge on any atom is -0.447 e. The first-order chi connectivity index (χ1) is 6.66. The molecule has 0 radical (unpaired) electrons. The van der Waals surface area contributed by atoms with E-state index < -0.39 is 0 Å². The van der Waals surface area contributed by atoms with Crippen LogP contribution in [0.4, 0.5) is 4.79 Å². The SMILES string of the molecule is Cc1cc(C2COC(=O)N2)cnc1Cl. The van der Waals surface area contributed by atoms with Gasteiger partial charge in [-0.1, -0.05) is 11.6 Å². The lowest BCUT2D eigenvalue weighted by Gasteiger charge is -2.08. The van der Waals surface area contributed by atoms with Crippen molar-refractivity contribution in [2.75, 3.05) is 6.61 Å². The Kier molecular flexibility index (Phi) is 2.29. The average Bonchev–Trinajstić information content (AvgIpc) is 2.57. The number of aromatic nitrogens is 1. The average molecular weight is 213 g/mol. The first-order valence-corrected chi connectivity index (χ1v) is 4.60. The number of alkyl carbamates (subject to hydrolysis) is 1. The summed E-state index contributed by atoms with van der Waals surface area (Å²) in [4.78, 5) is 14.8. The molecule has 1 aliphatic rings. The van der Waals surface area contributed by atoms with E-state index in [9.17, 15) is 4.79 Å². The smallest absolute Gasteiger partial charge is 0.407 e. The van der Waals surface area contributed by atoms with Gasteiger partial charge >= 0.3 is 6.09 Å². The zero-order chi connectivity index (χ0) is 10.1. The molecule has 1 amide bonds. The fraction of sp³-hybridized carbons (Fsp3) is 0.333. The number of carbonyl (C=O) groups excluding carboxylic acids is 1. The summed E-state index contributed by atoms with van der Waals surface area (Å²) in [5.74, 6) is 0. The van der Waals surface area contributed by atoms with Crippen LogP contribution in [0.5, 0.6) is 0 Å². The molecule has 1 aliphatic heterocycles. The number of rotatable bonds is 1. The molecule has 1 atom stereocenters. The monoisotopic (exact) mass is 212 g/mol. The normalized spacial score (nSPS) is 20.4. The zero-order valence-corrected chi connectivity index (χ0v) is 8.34. The van der Waals surface area contributed by atoms with Gasteiger partial charge in [0, 0.05) is 6.20 Å². The van der Waals surface area contributed by atoms with Crippen LogP contribution in [0.3, 0.4) is 0 Å². The third-order valence-electron chi connectivity index (χ3n) is 2.11. The number of pyridine rings is 1. The Balaban J connectivity index is 2.24. The zero-order valence-electron chi connectivity index (χ0n) is 7.58. The van der Waals surface area contributed by atoms with E-state index >= 15 is 0 Å². The van der Waals surface area contributed by atoms with Gasteiger partial charge in [-0.05, 0) is 24.1 Å². The molecule has 4 nitrogen and oxygen atoms in total. The number of nitrogens with one attached hydrogen (secondary N) is 1. The second-order valence-electron chi connectivity index (χ2n) is 3.17. The summed E-state index contributed by atoms with van der Waals surface area (Å²) < 4.78 is 4.78. The van der Waals surface area contributed by atoms with Gasteiger partial charge < -0.3 is 10.1 Å². The number of nitrogens with zero attached hydrogens (tertiary/aromatic N) is 1. The third kappa shape index (κ3) is 1.65. The maximum Gasteiger partial charge on any atom is 0.407 e. The summed E-state index contributed by atoms with van der Waals surface area (Å²) >= 11 is 5.79. The number of aryl methyl sites for hydroxylation is 1. The van der Waals surface area contributed by atoms with Gasteiger partial charge in [-0.2, -0.15) is 0 Å². The van der Waals surface area contributed by atoms with E-state index in [1.54, 1.807) is 6.20 Å². The summed E-state index contributed by atoms with van der Waals surface area (Å²) in [6.45, 7) is 2.22. The highest BCUT2D eigenvalue weighted by molar-refractivity contribution is 6.30. The molecule has 1 N–H and O–H groups in total. The fourth-order valence-electron chi connectivity index (χ4n) is 1.33. The van der Waals surface area contributed by atoms with Crippen LogP contribution in [-0.4, -0.2) is 17.7 Å². The van der Waals surface area contributed by atoms with E-state index in [-0.39, 0.29) is 12.1 Å². The lowest BCUT2D eigenvalue weighted by atomic mass is 10.1. The molecule has 0 saturated carbocycles. The van der Waals surface area contributed by atoms with Gasteiger partial charge in [0.15, 0.2) is 0 Å². The van der Waals surface area contributed by atoms with Gasteiger partial charge in [-0.3, -0.25) is 0 Å². The molecule has 1 unspecified atom stereocenters. The molecule has 0 aliphatic carbocycles. The molecule has 1 aromatic rings. The number of hydrogen-bond acceptors (Lipinski definition) is 3. The van der Waals surface area contributed by atoms with Crippen molar-refractivity contribution in [3.05, 3.63) is 28.5 Å².